The lowest BCUT2D eigenvalue weighted by Gasteiger charge is -2.02. The van der Waals surface area contributed by atoms with Crippen LogP contribution >= 0.6 is 0 Å². The van der Waals surface area contributed by atoms with Gasteiger partial charge in [0.1, 0.15) is 6.17 Å². The van der Waals surface area contributed by atoms with Crippen molar-refractivity contribution in [1.82, 2.24) is 0 Å². The topological polar surface area (TPSA) is 36.2 Å². The molecule has 0 amide bonds. The summed E-state index contributed by atoms with van der Waals surface area (Å²) in [4.78, 5) is 3.77. The fourth-order valence-electron chi connectivity index (χ4n) is 0.564. The minimum Gasteiger partial charge on any atom is -0.303 e. The number of rotatable bonds is 3. The number of alkyl halides is 1. The first kappa shape index (κ1) is 9.27. The lowest BCUT2D eigenvalue weighted by molar-refractivity contribution is 0.373. The van der Waals surface area contributed by atoms with E-state index in [0.29, 0.717) is 5.71 Å². The van der Waals surface area contributed by atoms with E-state index in [0.717, 1.165) is 0 Å². The summed E-state index contributed by atoms with van der Waals surface area (Å²) in [6.45, 7) is 3.15. The van der Waals surface area contributed by atoms with Crippen LogP contribution in [0.15, 0.2) is 4.99 Å². The molecular formula is C7H13FN2. The molecule has 0 fully saturated rings. The van der Waals surface area contributed by atoms with Crippen molar-refractivity contribution in [3.8, 4) is 0 Å². The van der Waals surface area contributed by atoms with E-state index >= 15 is 0 Å². The Morgan fingerprint density at radius 1 is 1.70 bits per heavy atom. The molecule has 0 aliphatic rings. The van der Waals surface area contributed by atoms with Crippen molar-refractivity contribution >= 4 is 11.4 Å². The minimum atomic E-state index is -0.941. The minimum absolute atomic E-state index is 0.170. The SMILES string of the molecule is CN=C(C)C(=N)CC(C)F. The fraction of sp³-hybridized carbons (Fsp3) is 0.714. The number of hydrogen-bond donors (Lipinski definition) is 1. The zero-order valence-electron chi connectivity index (χ0n) is 6.61. The summed E-state index contributed by atoms with van der Waals surface area (Å²) in [7, 11) is 1.60. The molecule has 0 rings (SSSR count). The van der Waals surface area contributed by atoms with Gasteiger partial charge in [-0.15, -0.1) is 0 Å². The maximum atomic E-state index is 12.3. The molecule has 0 aliphatic carbocycles. The van der Waals surface area contributed by atoms with Crippen LogP contribution < -0.4 is 0 Å². The maximum absolute atomic E-state index is 12.3. The Balaban J connectivity index is 3.86. The van der Waals surface area contributed by atoms with E-state index in [1.54, 1.807) is 14.0 Å². The van der Waals surface area contributed by atoms with Crippen LogP contribution in [0.3, 0.4) is 0 Å². The fourth-order valence-corrected chi connectivity index (χ4v) is 0.564. The van der Waals surface area contributed by atoms with Crippen LogP contribution in [0, 0.1) is 5.41 Å². The third-order valence-corrected chi connectivity index (χ3v) is 1.26. The highest BCUT2D eigenvalue weighted by atomic mass is 19.1. The highest BCUT2D eigenvalue weighted by Crippen LogP contribution is 1.98. The quantitative estimate of drug-likeness (QED) is 0.587. The highest BCUT2D eigenvalue weighted by molar-refractivity contribution is 6.40. The van der Waals surface area contributed by atoms with Crippen molar-refractivity contribution in [2.75, 3.05) is 7.05 Å². The molecule has 1 atom stereocenters. The molecule has 2 nitrogen and oxygen atoms in total. The molecule has 0 heterocycles. The van der Waals surface area contributed by atoms with Gasteiger partial charge in [0.2, 0.25) is 0 Å². The molecule has 0 saturated carbocycles. The highest BCUT2D eigenvalue weighted by Gasteiger charge is 2.05. The molecule has 0 aliphatic heterocycles. The van der Waals surface area contributed by atoms with Crippen LogP contribution in [-0.4, -0.2) is 24.6 Å². The van der Waals surface area contributed by atoms with Crippen LogP contribution in [0.4, 0.5) is 4.39 Å². The molecule has 0 saturated heterocycles. The van der Waals surface area contributed by atoms with Gasteiger partial charge in [-0.25, -0.2) is 4.39 Å². The summed E-state index contributed by atoms with van der Waals surface area (Å²) >= 11 is 0. The first-order valence-corrected chi connectivity index (χ1v) is 3.23. The zero-order chi connectivity index (χ0) is 8.15. The van der Waals surface area contributed by atoms with Gasteiger partial charge in [-0.3, -0.25) is 4.99 Å². The zero-order valence-corrected chi connectivity index (χ0v) is 6.61. The van der Waals surface area contributed by atoms with E-state index in [2.05, 4.69) is 4.99 Å². The lowest BCUT2D eigenvalue weighted by Crippen LogP contribution is -2.13. The molecule has 3 heteroatoms. The van der Waals surface area contributed by atoms with E-state index in [-0.39, 0.29) is 12.1 Å². The van der Waals surface area contributed by atoms with E-state index < -0.39 is 6.17 Å². The standard InChI is InChI=1S/C7H13FN2/c1-5(8)4-7(9)6(2)10-3/h5,9H,4H2,1-3H3. The summed E-state index contributed by atoms with van der Waals surface area (Å²) in [5.74, 6) is 0. The molecule has 0 radical (unpaired) electrons. The van der Waals surface area contributed by atoms with E-state index in [1.165, 1.54) is 6.92 Å². The van der Waals surface area contributed by atoms with Crippen molar-refractivity contribution in [2.45, 2.75) is 26.4 Å². The Kier molecular flexibility index (Phi) is 3.84. The Morgan fingerprint density at radius 2 is 2.20 bits per heavy atom. The number of nitrogens with one attached hydrogen (secondary N) is 1. The van der Waals surface area contributed by atoms with Gasteiger partial charge >= 0.3 is 0 Å². The van der Waals surface area contributed by atoms with E-state index in [4.69, 9.17) is 5.41 Å². The van der Waals surface area contributed by atoms with Crippen LogP contribution in [0.2, 0.25) is 0 Å². The van der Waals surface area contributed by atoms with Crippen molar-refractivity contribution in [3.63, 3.8) is 0 Å². The van der Waals surface area contributed by atoms with Gasteiger partial charge < -0.3 is 5.41 Å². The molecule has 0 aromatic carbocycles. The number of nitrogens with zero attached hydrogens (tertiary/aromatic N) is 1. The Hall–Kier alpha value is -0.730. The second-order valence-corrected chi connectivity index (χ2v) is 2.27. The Morgan fingerprint density at radius 3 is 2.50 bits per heavy atom. The number of halogens is 1. The largest absolute Gasteiger partial charge is 0.303 e. The van der Waals surface area contributed by atoms with Gasteiger partial charge in [-0.2, -0.15) is 0 Å². The molecule has 0 aromatic heterocycles. The van der Waals surface area contributed by atoms with Gasteiger partial charge in [0.25, 0.3) is 0 Å². The molecule has 1 unspecified atom stereocenters. The van der Waals surface area contributed by atoms with Crippen molar-refractivity contribution in [1.29, 1.82) is 5.41 Å². The predicted molar refractivity (Wildman–Crippen MR) is 41.9 cm³/mol. The second-order valence-electron chi connectivity index (χ2n) is 2.27. The first-order valence-electron chi connectivity index (χ1n) is 3.23. The van der Waals surface area contributed by atoms with Crippen LogP contribution in [0.1, 0.15) is 20.3 Å². The third kappa shape index (κ3) is 3.33. The van der Waals surface area contributed by atoms with Crippen molar-refractivity contribution in [3.05, 3.63) is 0 Å². The van der Waals surface area contributed by atoms with Gasteiger partial charge in [-0.05, 0) is 13.8 Å². The summed E-state index contributed by atoms with van der Waals surface area (Å²) in [5, 5.41) is 7.25. The van der Waals surface area contributed by atoms with E-state index in [9.17, 15) is 4.39 Å². The smallest absolute Gasteiger partial charge is 0.103 e. The van der Waals surface area contributed by atoms with Crippen molar-refractivity contribution < 1.29 is 4.39 Å². The van der Waals surface area contributed by atoms with Gasteiger partial charge in [0.15, 0.2) is 0 Å². The molecule has 0 bridgehead atoms. The van der Waals surface area contributed by atoms with E-state index in [1.807, 2.05) is 0 Å². The molecule has 0 aromatic rings. The maximum Gasteiger partial charge on any atom is 0.103 e. The average Bonchev–Trinajstić information content (AvgIpc) is 1.85. The normalized spacial score (nSPS) is 15.0. The van der Waals surface area contributed by atoms with Gasteiger partial charge in [-0.1, -0.05) is 0 Å². The van der Waals surface area contributed by atoms with Crippen LogP contribution in [0.25, 0.3) is 0 Å². The predicted octanol–water partition coefficient (Wildman–Crippen LogP) is 1.84. The van der Waals surface area contributed by atoms with Crippen LogP contribution in [-0.2, 0) is 0 Å². The molecule has 1 N–H and O–H groups in total. The molecule has 0 spiro atoms. The van der Waals surface area contributed by atoms with Gasteiger partial charge in [0.05, 0.1) is 11.4 Å². The summed E-state index contributed by atoms with van der Waals surface area (Å²) in [6, 6.07) is 0. The molecular weight excluding hydrogens is 131 g/mol. The summed E-state index contributed by atoms with van der Waals surface area (Å²) in [5.41, 5.74) is 0.905. The van der Waals surface area contributed by atoms with Crippen LogP contribution in [0.5, 0.6) is 0 Å². The lowest BCUT2D eigenvalue weighted by atomic mass is 10.1. The number of aliphatic imine (C=N–C) groups is 1. The third-order valence-electron chi connectivity index (χ3n) is 1.26. The summed E-state index contributed by atoms with van der Waals surface area (Å²) < 4.78 is 12.3. The second kappa shape index (κ2) is 4.14. The average molecular weight is 144 g/mol. The first-order chi connectivity index (χ1) is 4.57. The molecule has 10 heavy (non-hydrogen) atoms. The van der Waals surface area contributed by atoms with Gasteiger partial charge in [0, 0.05) is 13.5 Å². The Bertz CT molecular complexity index is 150. The monoisotopic (exact) mass is 144 g/mol. The van der Waals surface area contributed by atoms with Crippen molar-refractivity contribution in [2.24, 2.45) is 4.99 Å². The molecule has 58 valence electrons. The Labute approximate surface area is 60.7 Å². The summed E-state index contributed by atoms with van der Waals surface area (Å²) in [6.07, 6.45) is -0.771. The number of hydrogen-bond acceptors (Lipinski definition) is 2.